The molecule has 0 bridgehead atoms. The molecule has 1 N–H and O–H groups in total. The Kier molecular flexibility index (Phi) is 4.00. The third-order valence-electron chi connectivity index (χ3n) is 3.58. The Balaban J connectivity index is 2.04. The molecule has 0 radical (unpaired) electrons. The number of nitrogens with zero attached hydrogens (tertiary/aromatic N) is 2. The highest BCUT2D eigenvalue weighted by Gasteiger charge is 2.24. The largest absolute Gasteiger partial charge is 0.357 e. The van der Waals surface area contributed by atoms with Crippen LogP contribution in [0, 0.1) is 5.92 Å². The molecule has 0 aliphatic heterocycles. The Morgan fingerprint density at radius 3 is 2.71 bits per heavy atom. The molecular formula is C14H23N3. The van der Waals surface area contributed by atoms with E-state index in [1.165, 1.54) is 24.9 Å². The summed E-state index contributed by atoms with van der Waals surface area (Å²) in [6.07, 6.45) is 4.78. The number of aromatic nitrogens is 1. The van der Waals surface area contributed by atoms with E-state index >= 15 is 0 Å². The van der Waals surface area contributed by atoms with Crippen LogP contribution in [0.2, 0.25) is 0 Å². The molecule has 17 heavy (non-hydrogen) atoms. The van der Waals surface area contributed by atoms with Gasteiger partial charge in [0.05, 0.1) is 0 Å². The highest BCUT2D eigenvalue weighted by Crippen LogP contribution is 2.31. The smallest absolute Gasteiger partial charge is 0.128 e. The van der Waals surface area contributed by atoms with Gasteiger partial charge < -0.3 is 10.2 Å². The molecule has 3 nitrogen and oxygen atoms in total. The third-order valence-corrected chi connectivity index (χ3v) is 3.58. The van der Waals surface area contributed by atoms with E-state index in [1.807, 2.05) is 13.2 Å². The third kappa shape index (κ3) is 3.19. The highest BCUT2D eigenvalue weighted by molar-refractivity contribution is 5.40. The molecule has 1 aromatic rings. The molecule has 1 heterocycles. The van der Waals surface area contributed by atoms with Crippen molar-refractivity contribution in [1.29, 1.82) is 0 Å². The molecule has 0 amide bonds. The van der Waals surface area contributed by atoms with Crippen LogP contribution in [0.1, 0.15) is 38.3 Å². The second-order valence-electron chi connectivity index (χ2n) is 4.94. The van der Waals surface area contributed by atoms with Gasteiger partial charge in [-0.15, -0.1) is 0 Å². The Bertz CT molecular complexity index is 343. The van der Waals surface area contributed by atoms with E-state index in [0.717, 1.165) is 18.3 Å². The molecule has 1 aliphatic rings. The van der Waals surface area contributed by atoms with Crippen LogP contribution < -0.4 is 10.2 Å². The minimum absolute atomic E-state index is 0.370. The van der Waals surface area contributed by atoms with E-state index in [1.54, 1.807) is 0 Å². The molecule has 0 aromatic carbocycles. The van der Waals surface area contributed by atoms with Crippen molar-refractivity contribution in [1.82, 2.24) is 10.3 Å². The summed E-state index contributed by atoms with van der Waals surface area (Å²) < 4.78 is 0. The molecule has 1 aromatic heterocycles. The van der Waals surface area contributed by atoms with Gasteiger partial charge in [-0.2, -0.15) is 0 Å². The molecular weight excluding hydrogens is 210 g/mol. The van der Waals surface area contributed by atoms with Crippen LogP contribution in [0.5, 0.6) is 0 Å². The normalized spacial score (nSPS) is 16.9. The molecule has 0 spiro atoms. The van der Waals surface area contributed by atoms with Gasteiger partial charge in [-0.3, -0.25) is 0 Å². The first-order valence-corrected chi connectivity index (χ1v) is 6.62. The van der Waals surface area contributed by atoms with Crippen LogP contribution in [-0.4, -0.2) is 25.1 Å². The Morgan fingerprint density at radius 1 is 1.47 bits per heavy atom. The molecule has 1 saturated carbocycles. The summed E-state index contributed by atoms with van der Waals surface area (Å²) >= 11 is 0. The fourth-order valence-electron chi connectivity index (χ4n) is 2.00. The minimum atomic E-state index is 0.370. The van der Waals surface area contributed by atoms with Crippen LogP contribution in [0.25, 0.3) is 0 Å². The van der Waals surface area contributed by atoms with Crippen molar-refractivity contribution < 1.29 is 0 Å². The van der Waals surface area contributed by atoms with E-state index < -0.39 is 0 Å². The van der Waals surface area contributed by atoms with E-state index in [-0.39, 0.29) is 0 Å². The molecule has 0 saturated heterocycles. The maximum atomic E-state index is 4.59. The molecule has 3 heteroatoms. The van der Waals surface area contributed by atoms with E-state index in [0.29, 0.717) is 6.04 Å². The molecule has 1 atom stereocenters. The van der Waals surface area contributed by atoms with Crippen LogP contribution in [0.15, 0.2) is 18.3 Å². The summed E-state index contributed by atoms with van der Waals surface area (Å²) in [6.45, 7) is 6.57. The number of hydrogen-bond acceptors (Lipinski definition) is 3. The van der Waals surface area contributed by atoms with Gasteiger partial charge in [0.25, 0.3) is 0 Å². The van der Waals surface area contributed by atoms with E-state index in [4.69, 9.17) is 0 Å². The zero-order chi connectivity index (χ0) is 12.3. The molecule has 1 aliphatic carbocycles. The van der Waals surface area contributed by atoms with Crippen molar-refractivity contribution in [2.75, 3.05) is 25.0 Å². The van der Waals surface area contributed by atoms with Gasteiger partial charge in [0.1, 0.15) is 5.82 Å². The van der Waals surface area contributed by atoms with Gasteiger partial charge in [-0.1, -0.05) is 6.07 Å². The summed E-state index contributed by atoms with van der Waals surface area (Å²) in [5, 5.41) is 3.23. The second-order valence-corrected chi connectivity index (χ2v) is 4.94. The predicted octanol–water partition coefficient (Wildman–Crippen LogP) is 2.60. The molecule has 1 unspecified atom stereocenters. The fraction of sp³-hybridized carbons (Fsp3) is 0.643. The first kappa shape index (κ1) is 12.4. The fourth-order valence-corrected chi connectivity index (χ4v) is 2.00. The number of pyridine rings is 1. The van der Waals surface area contributed by atoms with Gasteiger partial charge in [-0.05, 0) is 51.3 Å². The Hall–Kier alpha value is -1.09. The van der Waals surface area contributed by atoms with Crippen molar-refractivity contribution in [2.24, 2.45) is 5.92 Å². The second kappa shape index (κ2) is 5.50. The number of rotatable bonds is 6. The number of nitrogens with one attached hydrogen (secondary N) is 1. The monoisotopic (exact) mass is 233 g/mol. The van der Waals surface area contributed by atoms with Gasteiger partial charge in [0, 0.05) is 25.3 Å². The zero-order valence-electron chi connectivity index (χ0n) is 11.1. The lowest BCUT2D eigenvalue weighted by Crippen LogP contribution is -2.26. The van der Waals surface area contributed by atoms with E-state index in [9.17, 15) is 0 Å². The van der Waals surface area contributed by atoms with Crippen molar-refractivity contribution in [3.05, 3.63) is 23.9 Å². The quantitative estimate of drug-likeness (QED) is 0.818. The Morgan fingerprint density at radius 2 is 2.24 bits per heavy atom. The van der Waals surface area contributed by atoms with Crippen LogP contribution >= 0.6 is 0 Å². The van der Waals surface area contributed by atoms with Crippen molar-refractivity contribution in [2.45, 2.75) is 32.7 Å². The first-order chi connectivity index (χ1) is 8.24. The molecule has 2 rings (SSSR count). The van der Waals surface area contributed by atoms with Gasteiger partial charge >= 0.3 is 0 Å². The first-order valence-electron chi connectivity index (χ1n) is 6.62. The van der Waals surface area contributed by atoms with Gasteiger partial charge in [-0.25, -0.2) is 4.98 Å². The lowest BCUT2D eigenvalue weighted by atomic mass is 10.1. The lowest BCUT2D eigenvalue weighted by Gasteiger charge is -2.22. The van der Waals surface area contributed by atoms with Crippen LogP contribution in [0.3, 0.4) is 0 Å². The van der Waals surface area contributed by atoms with Crippen molar-refractivity contribution in [3.63, 3.8) is 0 Å². The maximum Gasteiger partial charge on any atom is 0.128 e. The predicted molar refractivity (Wildman–Crippen MR) is 72.3 cm³/mol. The standard InChI is InChI=1S/C14H23N3/c1-4-17(10-12-5-6-12)14-8-7-13(9-16-14)11(2)15-3/h7-9,11-12,15H,4-6,10H2,1-3H3. The molecule has 1 fully saturated rings. The van der Waals surface area contributed by atoms with Crippen LogP contribution in [0.4, 0.5) is 5.82 Å². The average Bonchev–Trinajstić information content (AvgIpc) is 3.19. The van der Waals surface area contributed by atoms with Crippen LogP contribution in [-0.2, 0) is 0 Å². The van der Waals surface area contributed by atoms with Gasteiger partial charge in [0.15, 0.2) is 0 Å². The molecule has 94 valence electrons. The van der Waals surface area contributed by atoms with E-state index in [2.05, 4.69) is 41.2 Å². The minimum Gasteiger partial charge on any atom is -0.357 e. The number of hydrogen-bond donors (Lipinski definition) is 1. The maximum absolute atomic E-state index is 4.59. The lowest BCUT2D eigenvalue weighted by molar-refractivity contribution is 0.648. The summed E-state index contributed by atoms with van der Waals surface area (Å²) in [5.74, 6) is 2.03. The van der Waals surface area contributed by atoms with Gasteiger partial charge in [0.2, 0.25) is 0 Å². The summed E-state index contributed by atoms with van der Waals surface area (Å²) in [7, 11) is 1.98. The Labute approximate surface area is 104 Å². The SMILES string of the molecule is CCN(CC1CC1)c1ccc(C(C)NC)cn1. The number of anilines is 1. The summed E-state index contributed by atoms with van der Waals surface area (Å²) in [6, 6.07) is 4.70. The summed E-state index contributed by atoms with van der Waals surface area (Å²) in [5.41, 5.74) is 1.25. The average molecular weight is 233 g/mol. The topological polar surface area (TPSA) is 28.2 Å². The van der Waals surface area contributed by atoms with Crippen molar-refractivity contribution >= 4 is 5.82 Å². The zero-order valence-corrected chi connectivity index (χ0v) is 11.1. The highest BCUT2D eigenvalue weighted by atomic mass is 15.2. The van der Waals surface area contributed by atoms with Crippen molar-refractivity contribution in [3.8, 4) is 0 Å². The summed E-state index contributed by atoms with van der Waals surface area (Å²) in [4.78, 5) is 6.97.